The predicted octanol–water partition coefficient (Wildman–Crippen LogP) is 4.07. The van der Waals surface area contributed by atoms with E-state index in [-0.39, 0.29) is 18.4 Å². The Bertz CT molecular complexity index is 1180. The number of rotatable bonds is 5. The molecule has 0 atom stereocenters. The quantitative estimate of drug-likeness (QED) is 0.524. The van der Waals surface area contributed by atoms with Crippen molar-refractivity contribution in [2.75, 3.05) is 10.6 Å². The van der Waals surface area contributed by atoms with E-state index >= 15 is 0 Å². The van der Waals surface area contributed by atoms with Crippen molar-refractivity contribution in [2.45, 2.75) is 20.4 Å². The molecule has 0 spiro atoms. The van der Waals surface area contributed by atoms with Gasteiger partial charge in [-0.2, -0.15) is 5.10 Å². The van der Waals surface area contributed by atoms with Crippen molar-refractivity contribution in [3.05, 3.63) is 59.7 Å². The molecule has 0 radical (unpaired) electrons. The smallest absolute Gasteiger partial charge is 0.246 e. The molecule has 0 fully saturated rings. The Balaban J connectivity index is 1.54. The van der Waals surface area contributed by atoms with E-state index in [1.54, 1.807) is 46.5 Å². The summed E-state index contributed by atoms with van der Waals surface area (Å²) in [6.07, 6.45) is 1.74. The number of thiophene rings is 1. The zero-order valence-corrected chi connectivity index (χ0v) is 16.8. The van der Waals surface area contributed by atoms with E-state index in [4.69, 9.17) is 0 Å². The summed E-state index contributed by atoms with van der Waals surface area (Å²) in [7, 11) is 0. The van der Waals surface area contributed by atoms with Gasteiger partial charge in [0.05, 0.1) is 11.1 Å². The summed E-state index contributed by atoms with van der Waals surface area (Å²) in [6.45, 7) is 3.43. The minimum atomic E-state index is -0.204. The summed E-state index contributed by atoms with van der Waals surface area (Å²) in [5, 5.41) is 13.1. The van der Waals surface area contributed by atoms with Gasteiger partial charge in [0.2, 0.25) is 11.8 Å². The van der Waals surface area contributed by atoms with E-state index in [1.165, 1.54) is 6.92 Å². The maximum atomic E-state index is 12.5. The molecule has 8 heteroatoms. The van der Waals surface area contributed by atoms with Gasteiger partial charge in [0, 0.05) is 34.9 Å². The molecule has 4 aromatic rings. The molecule has 146 valence electrons. The Morgan fingerprint density at radius 2 is 1.79 bits per heavy atom. The highest BCUT2D eigenvalue weighted by Gasteiger charge is 2.16. The van der Waals surface area contributed by atoms with Gasteiger partial charge in [-0.05, 0) is 48.7 Å². The molecule has 0 saturated carbocycles. The summed E-state index contributed by atoms with van der Waals surface area (Å²) in [4.78, 5) is 29.2. The van der Waals surface area contributed by atoms with Crippen LogP contribution in [-0.2, 0) is 16.1 Å². The van der Waals surface area contributed by atoms with Crippen molar-refractivity contribution in [1.82, 2.24) is 14.8 Å². The Morgan fingerprint density at radius 3 is 2.45 bits per heavy atom. The maximum absolute atomic E-state index is 12.5. The molecule has 2 N–H and O–H groups in total. The van der Waals surface area contributed by atoms with Crippen molar-refractivity contribution >= 4 is 45.6 Å². The lowest BCUT2D eigenvalue weighted by Crippen LogP contribution is -2.19. The van der Waals surface area contributed by atoms with Crippen LogP contribution >= 0.6 is 11.3 Å². The first-order valence-electron chi connectivity index (χ1n) is 9.05. The number of carbonyl (C=O) groups excluding carboxylic acids is 2. The molecule has 0 bridgehead atoms. The highest BCUT2D eigenvalue weighted by molar-refractivity contribution is 7.13. The molecule has 3 aromatic heterocycles. The third-order valence-electron chi connectivity index (χ3n) is 4.38. The Labute approximate surface area is 171 Å². The third-order valence-corrected chi connectivity index (χ3v) is 5.28. The van der Waals surface area contributed by atoms with E-state index in [9.17, 15) is 9.59 Å². The van der Waals surface area contributed by atoms with Crippen LogP contribution in [0.2, 0.25) is 0 Å². The van der Waals surface area contributed by atoms with Crippen LogP contribution < -0.4 is 10.6 Å². The number of carbonyl (C=O) groups is 2. The second-order valence-electron chi connectivity index (χ2n) is 6.58. The molecule has 29 heavy (non-hydrogen) atoms. The van der Waals surface area contributed by atoms with Crippen molar-refractivity contribution in [2.24, 2.45) is 0 Å². The van der Waals surface area contributed by atoms with Crippen LogP contribution in [0.25, 0.3) is 21.5 Å². The van der Waals surface area contributed by atoms with Gasteiger partial charge in [-0.3, -0.25) is 9.59 Å². The van der Waals surface area contributed by atoms with Gasteiger partial charge >= 0.3 is 0 Å². The molecule has 0 unspecified atom stereocenters. The average Bonchev–Trinajstić information content (AvgIpc) is 3.32. The number of aromatic nitrogens is 3. The fourth-order valence-corrected chi connectivity index (χ4v) is 3.96. The Kier molecular flexibility index (Phi) is 5.09. The lowest BCUT2D eigenvalue weighted by molar-refractivity contribution is -0.117. The number of fused-ring (bicyclic) bond motifs is 1. The minimum Gasteiger partial charge on any atom is -0.326 e. The molecular weight excluding hydrogens is 386 g/mol. The number of nitrogens with one attached hydrogen (secondary N) is 2. The highest BCUT2D eigenvalue weighted by Crippen LogP contribution is 2.32. The average molecular weight is 405 g/mol. The van der Waals surface area contributed by atoms with E-state index in [0.717, 1.165) is 21.5 Å². The normalized spacial score (nSPS) is 10.8. The number of anilines is 2. The number of pyridine rings is 1. The van der Waals surface area contributed by atoms with Gasteiger partial charge in [0.15, 0.2) is 5.65 Å². The maximum Gasteiger partial charge on any atom is 0.246 e. The van der Waals surface area contributed by atoms with Crippen LogP contribution in [-0.4, -0.2) is 26.6 Å². The molecule has 7 nitrogen and oxygen atoms in total. The second-order valence-corrected chi connectivity index (χ2v) is 7.53. The fourth-order valence-electron chi connectivity index (χ4n) is 3.21. The fraction of sp³-hybridized carbons (Fsp3) is 0.143. The van der Waals surface area contributed by atoms with E-state index in [1.807, 2.05) is 24.4 Å². The van der Waals surface area contributed by atoms with Gasteiger partial charge in [-0.15, -0.1) is 11.3 Å². The van der Waals surface area contributed by atoms with Gasteiger partial charge < -0.3 is 10.6 Å². The first kappa shape index (κ1) is 18.8. The SMILES string of the molecule is CC(=O)Nc1ccc(NC(=O)Cn2nc(C)c3c(-c4cccs4)ccnc32)cc1. The standard InChI is InChI=1S/C21H19N5O2S/c1-13-20-17(18-4-3-11-29-18)9-10-22-21(20)26(25-13)12-19(28)24-16-7-5-15(6-8-16)23-14(2)27/h3-11H,12H2,1-2H3,(H,23,27)(H,24,28). The van der Waals surface area contributed by atoms with E-state index in [0.29, 0.717) is 17.0 Å². The topological polar surface area (TPSA) is 88.9 Å². The summed E-state index contributed by atoms with van der Waals surface area (Å²) in [5.74, 6) is -0.345. The summed E-state index contributed by atoms with van der Waals surface area (Å²) in [6, 6.07) is 13.0. The van der Waals surface area contributed by atoms with Crippen molar-refractivity contribution in [3.63, 3.8) is 0 Å². The van der Waals surface area contributed by atoms with E-state index < -0.39 is 0 Å². The number of amides is 2. The third kappa shape index (κ3) is 4.02. The molecule has 3 heterocycles. The van der Waals surface area contributed by atoms with Crippen LogP contribution in [0.3, 0.4) is 0 Å². The van der Waals surface area contributed by atoms with Crippen molar-refractivity contribution < 1.29 is 9.59 Å². The summed E-state index contributed by atoms with van der Waals surface area (Å²) < 4.78 is 1.63. The lowest BCUT2D eigenvalue weighted by atomic mass is 10.1. The van der Waals surface area contributed by atoms with Crippen molar-refractivity contribution in [1.29, 1.82) is 0 Å². The molecule has 0 saturated heterocycles. The molecule has 1 aromatic carbocycles. The van der Waals surface area contributed by atoms with Crippen LogP contribution in [0, 0.1) is 6.92 Å². The van der Waals surface area contributed by atoms with E-state index in [2.05, 4.69) is 26.8 Å². The number of benzene rings is 1. The monoisotopic (exact) mass is 405 g/mol. The minimum absolute atomic E-state index is 0.0542. The first-order valence-corrected chi connectivity index (χ1v) is 9.93. The number of aryl methyl sites for hydroxylation is 1. The van der Waals surface area contributed by atoms with Crippen LogP contribution in [0.4, 0.5) is 11.4 Å². The van der Waals surface area contributed by atoms with Gasteiger partial charge in [-0.25, -0.2) is 9.67 Å². The van der Waals surface area contributed by atoms with Gasteiger partial charge in [0.25, 0.3) is 0 Å². The second kappa shape index (κ2) is 7.84. The first-order chi connectivity index (χ1) is 14.0. The molecule has 0 aliphatic carbocycles. The molecule has 0 aliphatic heterocycles. The Hall–Kier alpha value is -3.52. The predicted molar refractivity (Wildman–Crippen MR) is 115 cm³/mol. The Morgan fingerprint density at radius 1 is 1.07 bits per heavy atom. The van der Waals surface area contributed by atoms with Gasteiger partial charge in [-0.1, -0.05) is 6.07 Å². The van der Waals surface area contributed by atoms with Crippen LogP contribution in [0.1, 0.15) is 12.6 Å². The molecular formula is C21H19N5O2S. The number of nitrogens with zero attached hydrogens (tertiary/aromatic N) is 3. The van der Waals surface area contributed by atoms with Crippen LogP contribution in [0.5, 0.6) is 0 Å². The van der Waals surface area contributed by atoms with Crippen molar-refractivity contribution in [3.8, 4) is 10.4 Å². The lowest BCUT2D eigenvalue weighted by Gasteiger charge is -2.08. The van der Waals surface area contributed by atoms with Gasteiger partial charge in [0.1, 0.15) is 6.54 Å². The molecule has 0 aliphatic rings. The largest absolute Gasteiger partial charge is 0.326 e. The highest BCUT2D eigenvalue weighted by atomic mass is 32.1. The van der Waals surface area contributed by atoms with Crippen LogP contribution in [0.15, 0.2) is 54.0 Å². The molecule has 4 rings (SSSR count). The number of hydrogen-bond donors (Lipinski definition) is 2. The zero-order chi connectivity index (χ0) is 20.4. The molecule has 2 amide bonds. The number of hydrogen-bond acceptors (Lipinski definition) is 5. The summed E-state index contributed by atoms with van der Waals surface area (Å²) >= 11 is 1.66. The zero-order valence-electron chi connectivity index (χ0n) is 16.0. The summed E-state index contributed by atoms with van der Waals surface area (Å²) in [5.41, 5.74) is 3.91.